The molecule has 0 saturated carbocycles. The maximum Gasteiger partial charge on any atom is 0.221 e. The number of amides is 1. The molecule has 2 aromatic heterocycles. The highest BCUT2D eigenvalue weighted by Crippen LogP contribution is 2.23. The van der Waals surface area contributed by atoms with Crippen molar-refractivity contribution in [2.45, 2.75) is 39.3 Å². The lowest BCUT2D eigenvalue weighted by Gasteiger charge is -2.18. The molecular weight excluding hydrogens is 316 g/mol. The summed E-state index contributed by atoms with van der Waals surface area (Å²) in [5.41, 5.74) is 1.64. The van der Waals surface area contributed by atoms with Crippen LogP contribution in [0, 0.1) is 0 Å². The second-order valence-corrected chi connectivity index (χ2v) is 6.79. The summed E-state index contributed by atoms with van der Waals surface area (Å²) in [6.07, 6.45) is 4.27. The van der Waals surface area contributed by atoms with E-state index in [2.05, 4.69) is 15.3 Å². The Labute approximate surface area is 146 Å². The van der Waals surface area contributed by atoms with Crippen LogP contribution < -0.4 is 5.32 Å². The van der Waals surface area contributed by atoms with E-state index < -0.39 is 5.60 Å². The predicted molar refractivity (Wildman–Crippen MR) is 98.2 cm³/mol. The summed E-state index contributed by atoms with van der Waals surface area (Å²) >= 11 is 0. The van der Waals surface area contributed by atoms with Crippen LogP contribution in [-0.2, 0) is 11.3 Å². The van der Waals surface area contributed by atoms with Crippen molar-refractivity contribution in [2.75, 3.05) is 5.32 Å². The van der Waals surface area contributed by atoms with E-state index in [-0.39, 0.29) is 5.91 Å². The number of carbonyl (C=O) groups is 1. The number of imidazole rings is 1. The third-order valence-electron chi connectivity index (χ3n) is 3.92. The molecule has 3 aromatic rings. The summed E-state index contributed by atoms with van der Waals surface area (Å²) in [6.45, 7) is 5.74. The van der Waals surface area contributed by atoms with Gasteiger partial charge in [-0.3, -0.25) is 4.79 Å². The molecule has 25 heavy (non-hydrogen) atoms. The Morgan fingerprint density at radius 1 is 1.28 bits per heavy atom. The third-order valence-corrected chi connectivity index (χ3v) is 3.92. The number of nitrogens with one attached hydrogen (secondary N) is 1. The fraction of sp³-hybridized carbons (Fsp3) is 0.316. The van der Waals surface area contributed by atoms with Gasteiger partial charge in [-0.1, -0.05) is 6.07 Å². The van der Waals surface area contributed by atoms with Crippen LogP contribution in [0.15, 0.2) is 42.7 Å². The Hall–Kier alpha value is -2.73. The van der Waals surface area contributed by atoms with E-state index in [0.717, 1.165) is 28.1 Å². The molecule has 0 spiro atoms. The maximum atomic E-state index is 11.2. The normalized spacial score (nSPS) is 11.7. The SMILES string of the molecule is CC(=O)Nc1ccc2nc(-c3nccn3CCC(C)(C)O)ccc2c1. The van der Waals surface area contributed by atoms with E-state index in [1.54, 1.807) is 20.0 Å². The largest absolute Gasteiger partial charge is 0.390 e. The van der Waals surface area contributed by atoms with Gasteiger partial charge < -0.3 is 15.0 Å². The number of aliphatic hydroxyl groups is 1. The van der Waals surface area contributed by atoms with Crippen molar-refractivity contribution < 1.29 is 9.90 Å². The highest BCUT2D eigenvalue weighted by Gasteiger charge is 2.15. The number of aromatic nitrogens is 3. The van der Waals surface area contributed by atoms with Gasteiger partial charge >= 0.3 is 0 Å². The van der Waals surface area contributed by atoms with Gasteiger partial charge in [-0.05, 0) is 44.5 Å². The number of anilines is 1. The van der Waals surface area contributed by atoms with Crippen molar-refractivity contribution in [3.8, 4) is 11.5 Å². The molecule has 2 N–H and O–H groups in total. The molecule has 0 saturated heterocycles. The number of hydrogen-bond donors (Lipinski definition) is 2. The van der Waals surface area contributed by atoms with Crippen molar-refractivity contribution in [2.24, 2.45) is 0 Å². The summed E-state index contributed by atoms with van der Waals surface area (Å²) in [6, 6.07) is 9.50. The van der Waals surface area contributed by atoms with E-state index in [1.807, 2.05) is 41.1 Å². The Kier molecular flexibility index (Phi) is 4.55. The molecule has 0 unspecified atom stereocenters. The maximum absolute atomic E-state index is 11.2. The quantitative estimate of drug-likeness (QED) is 0.748. The molecule has 0 fully saturated rings. The number of aryl methyl sites for hydroxylation is 1. The van der Waals surface area contributed by atoms with Crippen molar-refractivity contribution in [1.29, 1.82) is 0 Å². The lowest BCUT2D eigenvalue weighted by molar-refractivity contribution is -0.114. The number of hydrogen-bond acceptors (Lipinski definition) is 4. The summed E-state index contributed by atoms with van der Waals surface area (Å²) in [5.74, 6) is 0.676. The van der Waals surface area contributed by atoms with Gasteiger partial charge in [-0.15, -0.1) is 0 Å². The summed E-state index contributed by atoms with van der Waals surface area (Å²) in [7, 11) is 0. The van der Waals surface area contributed by atoms with Crippen LogP contribution >= 0.6 is 0 Å². The summed E-state index contributed by atoms with van der Waals surface area (Å²) < 4.78 is 2.00. The van der Waals surface area contributed by atoms with Crippen LogP contribution in [0.5, 0.6) is 0 Å². The van der Waals surface area contributed by atoms with Gasteiger partial charge in [-0.25, -0.2) is 9.97 Å². The first-order chi connectivity index (χ1) is 11.8. The molecular formula is C19H22N4O2. The number of carbonyl (C=O) groups excluding carboxylic acids is 1. The smallest absolute Gasteiger partial charge is 0.221 e. The van der Waals surface area contributed by atoms with Gasteiger partial charge in [0.1, 0.15) is 5.69 Å². The van der Waals surface area contributed by atoms with Crippen molar-refractivity contribution >= 4 is 22.5 Å². The van der Waals surface area contributed by atoms with Gasteiger partial charge in [0.25, 0.3) is 0 Å². The van der Waals surface area contributed by atoms with E-state index >= 15 is 0 Å². The number of benzene rings is 1. The van der Waals surface area contributed by atoms with Crippen LogP contribution in [0.25, 0.3) is 22.4 Å². The van der Waals surface area contributed by atoms with E-state index in [4.69, 9.17) is 0 Å². The Balaban J connectivity index is 1.90. The van der Waals surface area contributed by atoms with Crippen LogP contribution in [0.2, 0.25) is 0 Å². The zero-order chi connectivity index (χ0) is 18.0. The molecule has 130 valence electrons. The van der Waals surface area contributed by atoms with Gasteiger partial charge in [0.05, 0.1) is 11.1 Å². The zero-order valence-corrected chi connectivity index (χ0v) is 14.7. The molecule has 0 atom stereocenters. The first-order valence-electron chi connectivity index (χ1n) is 8.24. The highest BCUT2D eigenvalue weighted by molar-refractivity contribution is 5.92. The number of fused-ring (bicyclic) bond motifs is 1. The molecule has 0 bridgehead atoms. The minimum Gasteiger partial charge on any atom is -0.390 e. The first-order valence-corrected chi connectivity index (χ1v) is 8.24. The zero-order valence-electron chi connectivity index (χ0n) is 14.7. The minimum atomic E-state index is -0.724. The Bertz CT molecular complexity index is 909. The van der Waals surface area contributed by atoms with Crippen LogP contribution in [0.4, 0.5) is 5.69 Å². The second-order valence-electron chi connectivity index (χ2n) is 6.79. The lowest BCUT2D eigenvalue weighted by Crippen LogP contribution is -2.21. The Morgan fingerprint density at radius 2 is 2.08 bits per heavy atom. The average molecular weight is 338 g/mol. The van der Waals surface area contributed by atoms with Crippen LogP contribution in [0.1, 0.15) is 27.2 Å². The molecule has 0 aliphatic rings. The Morgan fingerprint density at radius 3 is 2.80 bits per heavy atom. The number of nitrogens with zero attached hydrogens (tertiary/aromatic N) is 3. The van der Waals surface area contributed by atoms with Gasteiger partial charge in [-0.2, -0.15) is 0 Å². The van der Waals surface area contributed by atoms with Gasteiger partial charge in [0, 0.05) is 36.9 Å². The molecule has 1 aromatic carbocycles. The molecule has 0 aliphatic heterocycles. The fourth-order valence-electron chi connectivity index (χ4n) is 2.65. The summed E-state index contributed by atoms with van der Waals surface area (Å²) in [4.78, 5) is 20.3. The molecule has 0 aliphatic carbocycles. The van der Waals surface area contributed by atoms with Crippen molar-refractivity contribution in [3.63, 3.8) is 0 Å². The molecule has 0 radical (unpaired) electrons. The average Bonchev–Trinajstić information content (AvgIpc) is 3.00. The second kappa shape index (κ2) is 6.64. The van der Waals surface area contributed by atoms with Gasteiger partial charge in [0.15, 0.2) is 5.82 Å². The molecule has 2 heterocycles. The lowest BCUT2D eigenvalue weighted by atomic mass is 10.1. The van der Waals surface area contributed by atoms with E-state index in [1.165, 1.54) is 6.92 Å². The fourth-order valence-corrected chi connectivity index (χ4v) is 2.65. The monoisotopic (exact) mass is 338 g/mol. The standard InChI is InChI=1S/C19H22N4O2/c1-13(24)21-15-5-7-16-14(12-15)4-6-17(22-16)18-20-9-11-23(18)10-8-19(2,3)25/h4-7,9,11-12,25H,8,10H2,1-3H3,(H,21,24). The van der Waals surface area contributed by atoms with E-state index in [0.29, 0.717) is 13.0 Å². The topological polar surface area (TPSA) is 80.0 Å². The van der Waals surface area contributed by atoms with Gasteiger partial charge in [0.2, 0.25) is 5.91 Å². The number of pyridine rings is 1. The summed E-state index contributed by atoms with van der Waals surface area (Å²) in [5, 5.41) is 13.6. The minimum absolute atomic E-state index is 0.0993. The van der Waals surface area contributed by atoms with Crippen molar-refractivity contribution in [1.82, 2.24) is 14.5 Å². The van der Waals surface area contributed by atoms with Crippen LogP contribution in [-0.4, -0.2) is 31.1 Å². The molecule has 3 rings (SSSR count). The highest BCUT2D eigenvalue weighted by atomic mass is 16.3. The van der Waals surface area contributed by atoms with Crippen molar-refractivity contribution in [3.05, 3.63) is 42.7 Å². The number of rotatable bonds is 5. The first kappa shape index (κ1) is 17.1. The van der Waals surface area contributed by atoms with E-state index in [9.17, 15) is 9.90 Å². The molecule has 1 amide bonds. The third kappa shape index (κ3) is 4.22. The molecule has 6 nitrogen and oxygen atoms in total. The van der Waals surface area contributed by atoms with Crippen LogP contribution in [0.3, 0.4) is 0 Å². The molecule has 6 heteroatoms. The predicted octanol–water partition coefficient (Wildman–Crippen LogP) is 3.22.